The Morgan fingerprint density at radius 3 is 2.29 bits per heavy atom. The lowest BCUT2D eigenvalue weighted by Crippen LogP contribution is -2.44. The van der Waals surface area contributed by atoms with Gasteiger partial charge < -0.3 is 16.2 Å². The topological polar surface area (TPSA) is 75.4 Å². The number of halogens is 2. The van der Waals surface area contributed by atoms with E-state index in [-0.39, 0.29) is 12.0 Å². The molecule has 0 saturated heterocycles. The van der Waals surface area contributed by atoms with Crippen LogP contribution in [0.25, 0.3) is 0 Å². The molecule has 0 aromatic rings. The number of hydrogen-bond donors (Lipinski definition) is 3. The molecule has 6 heteroatoms. The van der Waals surface area contributed by atoms with E-state index in [1.54, 1.807) is 0 Å². The van der Waals surface area contributed by atoms with E-state index < -0.39 is 30.9 Å². The third kappa shape index (κ3) is 7.23. The maximum Gasteiger partial charge on any atom is 0.287 e. The average molecular weight is 252 g/mol. The summed E-state index contributed by atoms with van der Waals surface area (Å²) in [5, 5.41) is 10.5. The Morgan fingerprint density at radius 2 is 1.94 bits per heavy atom. The van der Waals surface area contributed by atoms with Gasteiger partial charge in [0.05, 0.1) is 12.5 Å². The van der Waals surface area contributed by atoms with E-state index in [9.17, 15) is 13.6 Å². The molecule has 0 radical (unpaired) electrons. The second-order valence-corrected chi connectivity index (χ2v) is 5.43. The monoisotopic (exact) mass is 252 g/mol. The van der Waals surface area contributed by atoms with Crippen molar-refractivity contribution in [1.29, 1.82) is 0 Å². The molecule has 0 aromatic carbocycles. The van der Waals surface area contributed by atoms with Gasteiger partial charge in [-0.2, -0.15) is 0 Å². The predicted octanol–water partition coefficient (Wildman–Crippen LogP) is 0.741. The summed E-state index contributed by atoms with van der Waals surface area (Å²) in [5.74, 6) is -4.25. The lowest BCUT2D eigenvalue weighted by molar-refractivity contribution is -0.128. The normalized spacial score (nSPS) is 14.5. The number of carbonyl (C=O) groups excluding carboxylic acids is 1. The van der Waals surface area contributed by atoms with Gasteiger partial charge in [-0.05, 0) is 11.8 Å². The van der Waals surface area contributed by atoms with Crippen LogP contribution in [0.2, 0.25) is 0 Å². The average Bonchev–Trinajstić information content (AvgIpc) is 2.21. The van der Waals surface area contributed by atoms with Crippen molar-refractivity contribution in [3.63, 3.8) is 0 Å². The lowest BCUT2D eigenvalue weighted by atomic mass is 9.84. The Morgan fingerprint density at radius 1 is 1.41 bits per heavy atom. The van der Waals surface area contributed by atoms with Gasteiger partial charge in [0.15, 0.2) is 0 Å². The van der Waals surface area contributed by atoms with Crippen LogP contribution in [0.15, 0.2) is 0 Å². The number of aliphatic hydroxyl groups is 1. The van der Waals surface area contributed by atoms with Gasteiger partial charge in [0.25, 0.3) is 5.92 Å². The highest BCUT2D eigenvalue weighted by atomic mass is 19.3. The van der Waals surface area contributed by atoms with Gasteiger partial charge in [-0.25, -0.2) is 8.78 Å². The number of rotatable bonds is 6. The van der Waals surface area contributed by atoms with Crippen molar-refractivity contribution in [3.05, 3.63) is 0 Å². The summed E-state index contributed by atoms with van der Waals surface area (Å²) in [6.45, 7) is 3.83. The van der Waals surface area contributed by atoms with E-state index in [0.717, 1.165) is 0 Å². The molecule has 4 N–H and O–H groups in total. The van der Waals surface area contributed by atoms with E-state index in [4.69, 9.17) is 10.8 Å². The first kappa shape index (κ1) is 16.2. The van der Waals surface area contributed by atoms with Crippen molar-refractivity contribution in [1.82, 2.24) is 5.32 Å². The number of nitrogens with one attached hydrogen (secondary N) is 1. The van der Waals surface area contributed by atoms with Crippen LogP contribution in [0.4, 0.5) is 8.78 Å². The summed E-state index contributed by atoms with van der Waals surface area (Å²) < 4.78 is 25.4. The summed E-state index contributed by atoms with van der Waals surface area (Å²) in [6.07, 6.45) is 0.528. The fraction of sp³-hybridized carbons (Fsp3) is 0.909. The van der Waals surface area contributed by atoms with Crippen molar-refractivity contribution in [2.45, 2.75) is 33.1 Å². The largest absolute Gasteiger partial charge is 0.390 e. The van der Waals surface area contributed by atoms with Gasteiger partial charge in [-0.1, -0.05) is 20.8 Å². The van der Waals surface area contributed by atoms with Crippen LogP contribution < -0.4 is 11.1 Å². The fourth-order valence-corrected chi connectivity index (χ4v) is 1.44. The molecular formula is C11H22F2N2O2. The summed E-state index contributed by atoms with van der Waals surface area (Å²) in [4.78, 5) is 11.6. The number of alkyl halides is 2. The SMILES string of the molecule is CC(C)(C)CC(CN)C(=O)NCC(F)(F)CO. The van der Waals surface area contributed by atoms with Crippen molar-refractivity contribution < 1.29 is 18.7 Å². The highest BCUT2D eigenvalue weighted by molar-refractivity contribution is 5.78. The standard InChI is InChI=1S/C11H22F2N2O2/c1-10(2,3)4-8(5-14)9(17)15-6-11(12,13)7-16/h8,16H,4-7,14H2,1-3H3,(H,15,17). The number of hydrogen-bond acceptors (Lipinski definition) is 3. The van der Waals surface area contributed by atoms with Crippen molar-refractivity contribution in [2.75, 3.05) is 19.7 Å². The summed E-state index contributed by atoms with van der Waals surface area (Å²) in [5.41, 5.74) is 5.36. The number of aliphatic hydroxyl groups excluding tert-OH is 1. The Kier molecular flexibility index (Phi) is 5.98. The van der Waals surface area contributed by atoms with Crippen LogP contribution in [0, 0.1) is 11.3 Å². The smallest absolute Gasteiger partial charge is 0.287 e. The van der Waals surface area contributed by atoms with Crippen LogP contribution in [0.3, 0.4) is 0 Å². The van der Waals surface area contributed by atoms with E-state index in [1.807, 2.05) is 20.8 Å². The minimum absolute atomic E-state index is 0.0964. The molecule has 0 fully saturated rings. The molecule has 0 saturated carbocycles. The molecule has 0 bridgehead atoms. The van der Waals surface area contributed by atoms with Gasteiger partial charge in [-0.3, -0.25) is 4.79 Å². The maximum absolute atomic E-state index is 12.7. The molecule has 4 nitrogen and oxygen atoms in total. The molecule has 0 rings (SSSR count). The Bertz CT molecular complexity index is 252. The molecule has 0 aliphatic carbocycles. The first-order valence-corrected chi connectivity index (χ1v) is 5.58. The zero-order valence-corrected chi connectivity index (χ0v) is 10.6. The quantitative estimate of drug-likeness (QED) is 0.652. The molecule has 1 amide bonds. The van der Waals surface area contributed by atoms with Gasteiger partial charge in [0.1, 0.15) is 6.61 Å². The molecule has 0 aliphatic heterocycles. The van der Waals surface area contributed by atoms with Gasteiger partial charge in [0, 0.05) is 6.54 Å². The number of amides is 1. The molecule has 102 valence electrons. The molecule has 0 aliphatic rings. The van der Waals surface area contributed by atoms with Gasteiger partial charge >= 0.3 is 0 Å². The molecule has 0 spiro atoms. The molecule has 0 aromatic heterocycles. The van der Waals surface area contributed by atoms with E-state index in [2.05, 4.69) is 5.32 Å². The lowest BCUT2D eigenvalue weighted by Gasteiger charge is -2.25. The molecule has 1 atom stereocenters. The van der Waals surface area contributed by atoms with Crippen LogP contribution in [0.5, 0.6) is 0 Å². The zero-order chi connectivity index (χ0) is 13.7. The minimum atomic E-state index is -3.28. The number of carbonyl (C=O) groups is 1. The third-order valence-corrected chi connectivity index (χ3v) is 2.27. The number of nitrogens with two attached hydrogens (primary N) is 1. The third-order valence-electron chi connectivity index (χ3n) is 2.27. The first-order chi connectivity index (χ1) is 7.61. The molecule has 0 heterocycles. The molecule has 17 heavy (non-hydrogen) atoms. The van der Waals surface area contributed by atoms with Crippen molar-refractivity contribution >= 4 is 5.91 Å². The van der Waals surface area contributed by atoms with Gasteiger partial charge in [0.2, 0.25) is 5.91 Å². The molecule has 1 unspecified atom stereocenters. The van der Waals surface area contributed by atoms with Crippen LogP contribution in [0.1, 0.15) is 27.2 Å². The summed E-state index contributed by atoms with van der Waals surface area (Å²) in [7, 11) is 0. The Hall–Kier alpha value is -0.750. The first-order valence-electron chi connectivity index (χ1n) is 5.58. The minimum Gasteiger partial charge on any atom is -0.390 e. The Labute approximate surface area is 101 Å². The molecular weight excluding hydrogens is 230 g/mol. The fourth-order valence-electron chi connectivity index (χ4n) is 1.44. The van der Waals surface area contributed by atoms with Crippen LogP contribution in [-0.2, 0) is 4.79 Å². The highest BCUT2D eigenvalue weighted by Crippen LogP contribution is 2.24. The second kappa shape index (κ2) is 6.26. The van der Waals surface area contributed by atoms with E-state index >= 15 is 0 Å². The van der Waals surface area contributed by atoms with Crippen LogP contribution >= 0.6 is 0 Å². The van der Waals surface area contributed by atoms with E-state index in [1.165, 1.54) is 0 Å². The summed E-state index contributed by atoms with van der Waals surface area (Å²) in [6, 6.07) is 0. The van der Waals surface area contributed by atoms with Gasteiger partial charge in [-0.15, -0.1) is 0 Å². The van der Waals surface area contributed by atoms with E-state index in [0.29, 0.717) is 6.42 Å². The summed E-state index contributed by atoms with van der Waals surface area (Å²) >= 11 is 0. The second-order valence-electron chi connectivity index (χ2n) is 5.43. The Balaban J connectivity index is 4.28. The zero-order valence-electron chi connectivity index (χ0n) is 10.6. The van der Waals surface area contributed by atoms with Crippen LogP contribution in [-0.4, -0.2) is 36.6 Å². The predicted molar refractivity (Wildman–Crippen MR) is 61.7 cm³/mol. The maximum atomic E-state index is 12.7. The van der Waals surface area contributed by atoms with Crippen molar-refractivity contribution in [3.8, 4) is 0 Å². The highest BCUT2D eigenvalue weighted by Gasteiger charge is 2.30. The van der Waals surface area contributed by atoms with Crippen molar-refractivity contribution in [2.24, 2.45) is 17.1 Å².